The number of rotatable bonds is 7. The zero-order valence-corrected chi connectivity index (χ0v) is 12.2. The third kappa shape index (κ3) is 4.29. The number of nitrogens with one attached hydrogen (secondary N) is 3. The van der Waals surface area contributed by atoms with E-state index in [0.29, 0.717) is 11.6 Å². The van der Waals surface area contributed by atoms with Crippen LogP contribution in [0.5, 0.6) is 0 Å². The predicted molar refractivity (Wildman–Crippen MR) is 76.9 cm³/mol. The van der Waals surface area contributed by atoms with Gasteiger partial charge in [-0.15, -0.1) is 0 Å². The van der Waals surface area contributed by atoms with Crippen molar-refractivity contribution in [3.05, 3.63) is 24.3 Å². The predicted octanol–water partition coefficient (Wildman–Crippen LogP) is 0.533. The number of amides is 1. The van der Waals surface area contributed by atoms with Crippen LogP contribution in [-0.4, -0.2) is 34.5 Å². The van der Waals surface area contributed by atoms with Gasteiger partial charge in [0.15, 0.2) is 0 Å². The molecule has 20 heavy (non-hydrogen) atoms. The number of carbonyl (C=O) groups is 1. The standard InChI is InChI=1S/C13H19N3O3S/c1-14-20(18,19)12-4-2-3-11(7-12)16-13(17)9-15-8-10-5-6-10/h2-4,7,10,14-15H,5-6,8-9H2,1H3,(H,16,17). The van der Waals surface area contributed by atoms with Gasteiger partial charge in [0, 0.05) is 5.69 Å². The van der Waals surface area contributed by atoms with E-state index >= 15 is 0 Å². The molecule has 6 nitrogen and oxygen atoms in total. The Balaban J connectivity index is 1.91. The van der Waals surface area contributed by atoms with E-state index in [-0.39, 0.29) is 17.3 Å². The van der Waals surface area contributed by atoms with Crippen molar-refractivity contribution in [3.8, 4) is 0 Å². The van der Waals surface area contributed by atoms with Gasteiger partial charge in [0.2, 0.25) is 15.9 Å². The molecule has 2 rings (SSSR count). The number of hydrogen-bond acceptors (Lipinski definition) is 4. The SMILES string of the molecule is CNS(=O)(=O)c1cccc(NC(=O)CNCC2CC2)c1. The van der Waals surface area contributed by atoms with Gasteiger partial charge >= 0.3 is 0 Å². The molecule has 0 bridgehead atoms. The van der Waals surface area contributed by atoms with Crippen LogP contribution in [0.25, 0.3) is 0 Å². The van der Waals surface area contributed by atoms with Crippen molar-refractivity contribution in [1.29, 1.82) is 0 Å². The fourth-order valence-corrected chi connectivity index (χ4v) is 2.55. The summed E-state index contributed by atoms with van der Waals surface area (Å²) in [4.78, 5) is 11.8. The van der Waals surface area contributed by atoms with Crippen LogP contribution in [0.3, 0.4) is 0 Å². The lowest BCUT2D eigenvalue weighted by molar-refractivity contribution is -0.115. The molecule has 1 aromatic carbocycles. The second-order valence-corrected chi connectivity index (χ2v) is 6.74. The Bertz CT molecular complexity index is 582. The molecular weight excluding hydrogens is 278 g/mol. The zero-order valence-electron chi connectivity index (χ0n) is 11.3. The summed E-state index contributed by atoms with van der Waals surface area (Å²) in [6.45, 7) is 1.10. The maximum absolute atomic E-state index is 11.7. The monoisotopic (exact) mass is 297 g/mol. The molecule has 0 unspecified atom stereocenters. The molecule has 1 saturated carbocycles. The van der Waals surface area contributed by atoms with Crippen molar-refractivity contribution in [2.45, 2.75) is 17.7 Å². The molecule has 110 valence electrons. The van der Waals surface area contributed by atoms with Crippen molar-refractivity contribution in [2.75, 3.05) is 25.5 Å². The first-order valence-corrected chi connectivity index (χ1v) is 8.04. The van der Waals surface area contributed by atoms with Gasteiger partial charge < -0.3 is 10.6 Å². The quantitative estimate of drug-likeness (QED) is 0.685. The van der Waals surface area contributed by atoms with E-state index in [1.807, 2.05) is 0 Å². The van der Waals surface area contributed by atoms with Gasteiger partial charge in [-0.05, 0) is 50.6 Å². The van der Waals surface area contributed by atoms with E-state index < -0.39 is 10.0 Å². The number of anilines is 1. The van der Waals surface area contributed by atoms with Gasteiger partial charge in [-0.3, -0.25) is 4.79 Å². The molecule has 0 radical (unpaired) electrons. The first-order chi connectivity index (χ1) is 9.51. The lowest BCUT2D eigenvalue weighted by atomic mass is 10.3. The molecule has 0 heterocycles. The first kappa shape index (κ1) is 15.0. The first-order valence-electron chi connectivity index (χ1n) is 6.55. The van der Waals surface area contributed by atoms with Crippen LogP contribution >= 0.6 is 0 Å². The highest BCUT2D eigenvalue weighted by Crippen LogP contribution is 2.27. The largest absolute Gasteiger partial charge is 0.325 e. The molecule has 3 N–H and O–H groups in total. The highest BCUT2D eigenvalue weighted by Gasteiger charge is 2.20. The minimum atomic E-state index is -3.49. The van der Waals surface area contributed by atoms with Crippen LogP contribution in [0.2, 0.25) is 0 Å². The minimum absolute atomic E-state index is 0.128. The summed E-state index contributed by atoms with van der Waals surface area (Å²) in [5.74, 6) is 0.538. The van der Waals surface area contributed by atoms with Crippen molar-refractivity contribution in [3.63, 3.8) is 0 Å². The van der Waals surface area contributed by atoms with E-state index in [2.05, 4.69) is 15.4 Å². The van der Waals surface area contributed by atoms with Crippen LogP contribution < -0.4 is 15.4 Å². The Hall–Kier alpha value is -1.44. The van der Waals surface area contributed by atoms with Crippen molar-refractivity contribution < 1.29 is 13.2 Å². The second kappa shape index (κ2) is 6.34. The zero-order chi connectivity index (χ0) is 14.6. The molecule has 1 fully saturated rings. The number of hydrogen-bond donors (Lipinski definition) is 3. The molecule has 0 atom stereocenters. The Kier molecular flexibility index (Phi) is 4.74. The average molecular weight is 297 g/mol. The van der Waals surface area contributed by atoms with Gasteiger partial charge in [-0.2, -0.15) is 0 Å². The summed E-state index contributed by atoms with van der Waals surface area (Å²) >= 11 is 0. The lowest BCUT2D eigenvalue weighted by Crippen LogP contribution is -2.29. The third-order valence-electron chi connectivity index (χ3n) is 3.11. The lowest BCUT2D eigenvalue weighted by Gasteiger charge is -2.08. The summed E-state index contributed by atoms with van der Waals surface area (Å²) in [5.41, 5.74) is 0.472. The van der Waals surface area contributed by atoms with Crippen LogP contribution in [0, 0.1) is 5.92 Å². The molecule has 0 aliphatic heterocycles. The van der Waals surface area contributed by atoms with Crippen molar-refractivity contribution in [2.24, 2.45) is 5.92 Å². The summed E-state index contributed by atoms with van der Waals surface area (Å²) in [6.07, 6.45) is 2.47. The summed E-state index contributed by atoms with van der Waals surface area (Å²) in [6, 6.07) is 6.17. The Morgan fingerprint density at radius 1 is 1.35 bits per heavy atom. The maximum Gasteiger partial charge on any atom is 0.240 e. The highest BCUT2D eigenvalue weighted by atomic mass is 32.2. The van der Waals surface area contributed by atoms with E-state index in [1.165, 1.54) is 32.0 Å². The molecule has 7 heteroatoms. The fraction of sp³-hybridized carbons (Fsp3) is 0.462. The van der Waals surface area contributed by atoms with Crippen LogP contribution in [0.1, 0.15) is 12.8 Å². The van der Waals surface area contributed by atoms with E-state index in [0.717, 1.165) is 6.54 Å². The van der Waals surface area contributed by atoms with Gasteiger partial charge in [-0.25, -0.2) is 13.1 Å². The molecule has 1 aliphatic rings. The normalized spacial score (nSPS) is 15.1. The molecule has 0 saturated heterocycles. The highest BCUT2D eigenvalue weighted by molar-refractivity contribution is 7.89. The van der Waals surface area contributed by atoms with Gasteiger partial charge in [0.1, 0.15) is 0 Å². The molecule has 0 aromatic heterocycles. The Labute approximate surface area is 119 Å². The van der Waals surface area contributed by atoms with E-state index in [4.69, 9.17) is 0 Å². The van der Waals surface area contributed by atoms with Gasteiger partial charge in [0.05, 0.1) is 11.4 Å². The molecule has 1 aromatic rings. The van der Waals surface area contributed by atoms with Crippen LogP contribution in [0.4, 0.5) is 5.69 Å². The average Bonchev–Trinajstić information content (AvgIpc) is 3.23. The van der Waals surface area contributed by atoms with Crippen molar-refractivity contribution in [1.82, 2.24) is 10.0 Å². The molecule has 1 amide bonds. The van der Waals surface area contributed by atoms with Gasteiger partial charge in [-0.1, -0.05) is 6.07 Å². The number of benzene rings is 1. The summed E-state index contributed by atoms with van der Waals surface area (Å²) in [5, 5.41) is 5.76. The molecule has 0 spiro atoms. The number of carbonyl (C=O) groups excluding carboxylic acids is 1. The van der Waals surface area contributed by atoms with E-state index in [9.17, 15) is 13.2 Å². The molecular formula is C13H19N3O3S. The summed E-state index contributed by atoms with van der Waals surface area (Å²) < 4.78 is 25.6. The molecule has 1 aliphatic carbocycles. The maximum atomic E-state index is 11.7. The third-order valence-corrected chi connectivity index (χ3v) is 4.52. The smallest absolute Gasteiger partial charge is 0.240 e. The topological polar surface area (TPSA) is 87.3 Å². The minimum Gasteiger partial charge on any atom is -0.325 e. The fourth-order valence-electron chi connectivity index (χ4n) is 1.78. The van der Waals surface area contributed by atoms with E-state index in [1.54, 1.807) is 12.1 Å². The van der Waals surface area contributed by atoms with Gasteiger partial charge in [0.25, 0.3) is 0 Å². The summed E-state index contributed by atoms with van der Waals surface area (Å²) in [7, 11) is -2.14. The Morgan fingerprint density at radius 3 is 2.75 bits per heavy atom. The Morgan fingerprint density at radius 2 is 2.10 bits per heavy atom. The van der Waals surface area contributed by atoms with Crippen molar-refractivity contribution >= 4 is 21.6 Å². The number of sulfonamides is 1. The van der Waals surface area contributed by atoms with Crippen LogP contribution in [0.15, 0.2) is 29.2 Å². The van der Waals surface area contributed by atoms with Crippen LogP contribution in [-0.2, 0) is 14.8 Å². The second-order valence-electron chi connectivity index (χ2n) is 4.86.